The highest BCUT2D eigenvalue weighted by Crippen LogP contribution is 2.37. The average Bonchev–Trinajstić information content (AvgIpc) is 2.70. The van der Waals surface area contributed by atoms with Gasteiger partial charge in [0.25, 0.3) is 0 Å². The zero-order valence-electron chi connectivity index (χ0n) is 10.4. The molecule has 4 nitrogen and oxygen atoms in total. The van der Waals surface area contributed by atoms with Gasteiger partial charge in [-0.15, -0.1) is 0 Å². The Labute approximate surface area is 106 Å². The molecule has 1 aromatic carbocycles. The van der Waals surface area contributed by atoms with Crippen LogP contribution in [0, 0.1) is 11.3 Å². The van der Waals surface area contributed by atoms with Crippen molar-refractivity contribution in [1.29, 1.82) is 5.26 Å². The van der Waals surface area contributed by atoms with Gasteiger partial charge in [-0.25, -0.2) is 4.98 Å². The monoisotopic (exact) mass is 241 g/mol. The lowest BCUT2D eigenvalue weighted by atomic mass is 9.75. The van der Waals surface area contributed by atoms with Gasteiger partial charge in [-0.3, -0.25) is 0 Å². The molecule has 0 atom stereocenters. The van der Waals surface area contributed by atoms with Gasteiger partial charge >= 0.3 is 0 Å². The molecule has 1 saturated heterocycles. The third kappa shape index (κ3) is 1.59. The number of hydrogen-bond acceptors (Lipinski definition) is 3. The Morgan fingerprint density at radius 1 is 1.50 bits per heavy atom. The summed E-state index contributed by atoms with van der Waals surface area (Å²) in [5.74, 6) is 0. The lowest BCUT2D eigenvalue weighted by Crippen LogP contribution is -2.46. The van der Waals surface area contributed by atoms with E-state index in [2.05, 4.69) is 29.3 Å². The minimum absolute atomic E-state index is 0.0292. The van der Waals surface area contributed by atoms with Crippen LogP contribution in [0.1, 0.15) is 18.4 Å². The molecule has 0 saturated carbocycles. The van der Waals surface area contributed by atoms with Gasteiger partial charge in [-0.05, 0) is 24.1 Å². The number of hydrogen-bond donors (Lipinski definition) is 0. The zero-order valence-corrected chi connectivity index (χ0v) is 10.4. The summed E-state index contributed by atoms with van der Waals surface area (Å²) in [5.41, 5.74) is 3.42. The molecule has 3 rings (SSSR count). The lowest BCUT2D eigenvalue weighted by molar-refractivity contribution is -0.0636. The van der Waals surface area contributed by atoms with Crippen LogP contribution in [0.15, 0.2) is 24.5 Å². The second-order valence-corrected chi connectivity index (χ2v) is 4.99. The van der Waals surface area contributed by atoms with E-state index in [0.29, 0.717) is 19.6 Å². The van der Waals surface area contributed by atoms with E-state index in [0.717, 1.165) is 17.5 Å². The Balaban J connectivity index is 2.00. The van der Waals surface area contributed by atoms with Crippen molar-refractivity contribution in [3.8, 4) is 6.07 Å². The van der Waals surface area contributed by atoms with Crippen molar-refractivity contribution < 1.29 is 4.74 Å². The van der Waals surface area contributed by atoms with E-state index in [9.17, 15) is 0 Å². The molecule has 4 heteroatoms. The van der Waals surface area contributed by atoms with Gasteiger partial charge in [-0.1, -0.05) is 6.07 Å². The normalized spacial score (nSPS) is 17.3. The lowest BCUT2D eigenvalue weighted by Gasteiger charge is -2.41. The van der Waals surface area contributed by atoms with E-state index in [4.69, 9.17) is 10.00 Å². The van der Waals surface area contributed by atoms with E-state index in [-0.39, 0.29) is 5.41 Å². The van der Waals surface area contributed by atoms with Crippen molar-refractivity contribution in [2.45, 2.75) is 18.3 Å². The minimum Gasteiger partial charge on any atom is -0.379 e. The Hall–Kier alpha value is -1.86. The smallest absolute Gasteiger partial charge is 0.0955 e. The number of ether oxygens (including phenoxy) is 1. The Morgan fingerprint density at radius 2 is 2.33 bits per heavy atom. The Morgan fingerprint density at radius 3 is 3.00 bits per heavy atom. The van der Waals surface area contributed by atoms with Crippen LogP contribution in [-0.4, -0.2) is 22.8 Å². The van der Waals surface area contributed by atoms with Crippen LogP contribution in [-0.2, 0) is 17.2 Å². The van der Waals surface area contributed by atoms with Gasteiger partial charge in [0.15, 0.2) is 0 Å². The molecule has 1 fully saturated rings. The third-order valence-electron chi connectivity index (χ3n) is 3.81. The molecule has 1 aromatic heterocycles. The SMILES string of the molecule is Cn1cnc2cc(C3(CCC#N)COC3)ccc21. The largest absolute Gasteiger partial charge is 0.379 e. The molecule has 18 heavy (non-hydrogen) atoms. The van der Waals surface area contributed by atoms with Gasteiger partial charge in [0, 0.05) is 18.9 Å². The number of imidazole rings is 1. The molecule has 0 amide bonds. The van der Waals surface area contributed by atoms with Crippen molar-refractivity contribution in [2.24, 2.45) is 7.05 Å². The second-order valence-electron chi connectivity index (χ2n) is 4.99. The van der Waals surface area contributed by atoms with E-state index >= 15 is 0 Å². The summed E-state index contributed by atoms with van der Waals surface area (Å²) in [6.45, 7) is 1.43. The molecule has 0 N–H and O–H groups in total. The minimum atomic E-state index is 0.0292. The first-order chi connectivity index (χ1) is 8.75. The Kier molecular flexibility index (Phi) is 2.57. The van der Waals surface area contributed by atoms with Crippen LogP contribution in [0.3, 0.4) is 0 Å². The number of nitrogens with zero attached hydrogens (tertiary/aromatic N) is 3. The predicted octanol–water partition coefficient (Wildman–Crippen LogP) is 2.15. The summed E-state index contributed by atoms with van der Waals surface area (Å²) in [6, 6.07) is 8.61. The van der Waals surface area contributed by atoms with E-state index < -0.39 is 0 Å². The van der Waals surface area contributed by atoms with Gasteiger partial charge < -0.3 is 9.30 Å². The quantitative estimate of drug-likeness (QED) is 0.827. The van der Waals surface area contributed by atoms with Gasteiger partial charge in [0.05, 0.1) is 36.6 Å². The molecule has 0 radical (unpaired) electrons. The number of fused-ring (bicyclic) bond motifs is 1. The maximum absolute atomic E-state index is 8.76. The highest BCUT2D eigenvalue weighted by molar-refractivity contribution is 5.76. The van der Waals surface area contributed by atoms with Crippen LogP contribution in [0.25, 0.3) is 11.0 Å². The van der Waals surface area contributed by atoms with Gasteiger partial charge in [-0.2, -0.15) is 5.26 Å². The zero-order chi connectivity index (χ0) is 12.6. The van der Waals surface area contributed by atoms with Crippen LogP contribution in [0.4, 0.5) is 0 Å². The number of aryl methyl sites for hydroxylation is 1. The first kappa shape index (κ1) is 11.2. The third-order valence-corrected chi connectivity index (χ3v) is 3.81. The van der Waals surface area contributed by atoms with E-state index in [1.807, 2.05) is 17.9 Å². The van der Waals surface area contributed by atoms with Crippen molar-refractivity contribution >= 4 is 11.0 Å². The standard InChI is InChI=1S/C14H15N3O/c1-17-10-16-12-7-11(3-4-13(12)17)14(5-2-6-15)8-18-9-14/h3-4,7,10H,2,5,8-9H2,1H3. The Bertz CT molecular complexity index is 619. The maximum Gasteiger partial charge on any atom is 0.0955 e. The van der Waals surface area contributed by atoms with Gasteiger partial charge in [0.1, 0.15) is 0 Å². The molecule has 2 aromatic rings. The second kappa shape index (κ2) is 4.11. The summed E-state index contributed by atoms with van der Waals surface area (Å²) in [5, 5.41) is 8.76. The number of nitriles is 1. The van der Waals surface area contributed by atoms with Crippen LogP contribution in [0.2, 0.25) is 0 Å². The van der Waals surface area contributed by atoms with Crippen molar-refractivity contribution in [1.82, 2.24) is 9.55 Å². The molecule has 0 bridgehead atoms. The topological polar surface area (TPSA) is 50.8 Å². The highest BCUT2D eigenvalue weighted by Gasteiger charge is 2.39. The number of rotatable bonds is 3. The summed E-state index contributed by atoms with van der Waals surface area (Å²) in [4.78, 5) is 4.39. The van der Waals surface area contributed by atoms with E-state index in [1.165, 1.54) is 5.56 Å². The van der Waals surface area contributed by atoms with Crippen LogP contribution >= 0.6 is 0 Å². The van der Waals surface area contributed by atoms with Crippen molar-refractivity contribution in [2.75, 3.05) is 13.2 Å². The van der Waals surface area contributed by atoms with E-state index in [1.54, 1.807) is 0 Å². The maximum atomic E-state index is 8.76. The average molecular weight is 241 g/mol. The molecular weight excluding hydrogens is 226 g/mol. The molecule has 2 heterocycles. The van der Waals surface area contributed by atoms with Crippen molar-refractivity contribution in [3.05, 3.63) is 30.1 Å². The van der Waals surface area contributed by atoms with Crippen LogP contribution in [0.5, 0.6) is 0 Å². The molecular formula is C14H15N3O. The fourth-order valence-corrected chi connectivity index (χ4v) is 2.56. The molecule has 0 aliphatic carbocycles. The summed E-state index contributed by atoms with van der Waals surface area (Å²) in [6.07, 6.45) is 3.26. The number of benzene rings is 1. The molecule has 1 aliphatic rings. The van der Waals surface area contributed by atoms with Crippen molar-refractivity contribution in [3.63, 3.8) is 0 Å². The fourth-order valence-electron chi connectivity index (χ4n) is 2.56. The van der Waals surface area contributed by atoms with Crippen LogP contribution < -0.4 is 0 Å². The number of aromatic nitrogens is 2. The molecule has 0 unspecified atom stereocenters. The summed E-state index contributed by atoms with van der Waals surface area (Å²) < 4.78 is 7.38. The molecule has 1 aliphatic heterocycles. The summed E-state index contributed by atoms with van der Waals surface area (Å²) in [7, 11) is 1.99. The first-order valence-electron chi connectivity index (χ1n) is 6.11. The van der Waals surface area contributed by atoms with Gasteiger partial charge in [0.2, 0.25) is 0 Å². The fraction of sp³-hybridized carbons (Fsp3) is 0.429. The highest BCUT2D eigenvalue weighted by atomic mass is 16.5. The first-order valence-corrected chi connectivity index (χ1v) is 6.11. The molecule has 0 spiro atoms. The molecule has 92 valence electrons. The predicted molar refractivity (Wildman–Crippen MR) is 68.1 cm³/mol. The summed E-state index contributed by atoms with van der Waals surface area (Å²) >= 11 is 0.